The molecule has 0 aromatic heterocycles. The van der Waals surface area contributed by atoms with Crippen molar-refractivity contribution in [3.8, 4) is 0 Å². The Labute approximate surface area is 88.6 Å². The molecule has 0 amide bonds. The van der Waals surface area contributed by atoms with Crippen LogP contribution < -0.4 is 0 Å². The molecule has 7 heteroatoms. The second-order valence-electron chi connectivity index (χ2n) is 0. The summed E-state index contributed by atoms with van der Waals surface area (Å²) in [5.74, 6) is 0. The van der Waals surface area contributed by atoms with E-state index in [-0.39, 0.29) is 89.4 Å². The smallest absolute Gasteiger partial charge is 2.00 e. The molecular weight excluding hydrogens is 263 g/mol. The molecule has 0 radical (unpaired) electrons. The van der Waals surface area contributed by atoms with Crippen molar-refractivity contribution in [2.75, 3.05) is 0 Å². The minimum absolute atomic E-state index is 0. The van der Waals surface area contributed by atoms with Crippen molar-refractivity contribution in [1.82, 2.24) is 0 Å². The fourth-order valence-electron chi connectivity index (χ4n) is 0. The van der Waals surface area contributed by atoms with E-state index in [0.717, 1.165) is 0 Å². The molecule has 0 aliphatic rings. The van der Waals surface area contributed by atoms with E-state index in [1.54, 1.807) is 0 Å². The monoisotopic (exact) mass is 264 g/mol. The third-order valence-corrected chi connectivity index (χ3v) is 0. The first-order chi connectivity index (χ1) is 0. The van der Waals surface area contributed by atoms with Gasteiger partial charge in [-0.25, -0.2) is 0 Å². The second-order valence-corrected chi connectivity index (χ2v) is 0. The topological polar surface area (TPSA) is 85.5 Å². The zero-order valence-corrected chi connectivity index (χ0v) is 7.66. The molecule has 0 aromatic carbocycles. The standard InChI is InChI=1S/3Fe.3O.Ti/q3*+2;3*-2;+4. The Hall–Kier alpha value is 2.15. The summed E-state index contributed by atoms with van der Waals surface area (Å²) in [4.78, 5) is 0. The maximum absolute atomic E-state index is 0. The Kier molecular flexibility index (Phi) is 1690. The maximum Gasteiger partial charge on any atom is 4.00 e. The molecule has 0 saturated heterocycles. The van der Waals surface area contributed by atoms with E-state index in [0.29, 0.717) is 0 Å². The Morgan fingerprint density at radius 1 is 0.429 bits per heavy atom. The van der Waals surface area contributed by atoms with Gasteiger partial charge < -0.3 is 16.4 Å². The molecule has 0 aliphatic heterocycles. The van der Waals surface area contributed by atoms with E-state index in [1.165, 1.54) is 0 Å². The molecule has 0 bridgehead atoms. The van der Waals surface area contributed by atoms with Gasteiger partial charge in [0.1, 0.15) is 0 Å². The van der Waals surface area contributed by atoms with Crippen LogP contribution in [0.25, 0.3) is 0 Å². The summed E-state index contributed by atoms with van der Waals surface area (Å²) >= 11 is 0. The fraction of sp³-hybridized carbons (Fsp3) is 0. The van der Waals surface area contributed by atoms with Gasteiger partial charge in [-0.05, 0) is 0 Å². The molecule has 0 rings (SSSR count). The van der Waals surface area contributed by atoms with Crippen molar-refractivity contribution in [3.05, 3.63) is 0 Å². The van der Waals surface area contributed by atoms with Crippen LogP contribution in [-0.4, -0.2) is 0 Å². The van der Waals surface area contributed by atoms with Gasteiger partial charge in [-0.15, -0.1) is 0 Å². The van der Waals surface area contributed by atoms with Gasteiger partial charge in [0.05, 0.1) is 0 Å². The summed E-state index contributed by atoms with van der Waals surface area (Å²) in [6.07, 6.45) is 0. The average Bonchev–Trinajstić information content (AvgIpc) is 0. The van der Waals surface area contributed by atoms with Crippen LogP contribution >= 0.6 is 0 Å². The molecule has 0 heterocycles. The summed E-state index contributed by atoms with van der Waals surface area (Å²) in [6, 6.07) is 0. The molecule has 3 nitrogen and oxygen atoms in total. The second kappa shape index (κ2) is 90.0. The average molecular weight is 263 g/mol. The summed E-state index contributed by atoms with van der Waals surface area (Å²) in [5, 5.41) is 0. The minimum atomic E-state index is 0. The molecule has 0 unspecified atom stereocenters. The predicted molar refractivity (Wildman–Crippen MR) is 2.06 cm³/mol. The van der Waals surface area contributed by atoms with Gasteiger partial charge in [0, 0.05) is 0 Å². The largest absolute Gasteiger partial charge is 4.00 e. The molecule has 0 spiro atoms. The van der Waals surface area contributed by atoms with Crippen molar-refractivity contribution < 1.29 is 89.4 Å². The summed E-state index contributed by atoms with van der Waals surface area (Å²) in [5.41, 5.74) is 0. The Morgan fingerprint density at radius 2 is 0.429 bits per heavy atom. The van der Waals surface area contributed by atoms with Crippen LogP contribution in [0.15, 0.2) is 0 Å². The van der Waals surface area contributed by atoms with Gasteiger partial charge in [-0.3, -0.25) is 0 Å². The zero-order chi connectivity index (χ0) is 0. The van der Waals surface area contributed by atoms with E-state index in [1.807, 2.05) is 0 Å². The van der Waals surface area contributed by atoms with Gasteiger partial charge >= 0.3 is 72.9 Å². The van der Waals surface area contributed by atoms with Crippen LogP contribution in [0.5, 0.6) is 0 Å². The van der Waals surface area contributed by atoms with Crippen molar-refractivity contribution in [3.63, 3.8) is 0 Å². The summed E-state index contributed by atoms with van der Waals surface area (Å²) < 4.78 is 0. The van der Waals surface area contributed by atoms with Crippen LogP contribution in [0.3, 0.4) is 0 Å². The van der Waals surface area contributed by atoms with Crippen molar-refractivity contribution in [1.29, 1.82) is 0 Å². The van der Waals surface area contributed by atoms with Gasteiger partial charge in [0.25, 0.3) is 0 Å². The van der Waals surface area contributed by atoms with E-state index in [2.05, 4.69) is 0 Å². The normalized spacial score (nSPS) is 0. The third-order valence-electron chi connectivity index (χ3n) is 0. The van der Waals surface area contributed by atoms with Crippen LogP contribution in [-0.2, 0) is 89.4 Å². The van der Waals surface area contributed by atoms with Crippen LogP contribution in [0, 0.1) is 0 Å². The van der Waals surface area contributed by atoms with Crippen molar-refractivity contribution in [2.45, 2.75) is 0 Å². The first-order valence-electron chi connectivity index (χ1n) is 0. The number of hydrogen-bond donors (Lipinski definition) is 0. The zero-order valence-electron chi connectivity index (χ0n) is 2.79. The van der Waals surface area contributed by atoms with Gasteiger partial charge in [-0.1, -0.05) is 0 Å². The van der Waals surface area contributed by atoms with E-state index < -0.39 is 0 Å². The quantitative estimate of drug-likeness (QED) is 0.534. The first-order valence-corrected chi connectivity index (χ1v) is 0. The third kappa shape index (κ3) is 66.6. The van der Waals surface area contributed by atoms with Gasteiger partial charge in [0.2, 0.25) is 0 Å². The van der Waals surface area contributed by atoms with Crippen LogP contribution in [0.4, 0.5) is 0 Å². The Bertz CT molecular complexity index is 10.1. The predicted octanol–water partition coefficient (Wildman–Crippen LogP) is -0.366. The van der Waals surface area contributed by atoms with Gasteiger partial charge in [0.15, 0.2) is 0 Å². The minimum Gasteiger partial charge on any atom is -2.00 e. The first kappa shape index (κ1) is 131. The molecule has 7 heavy (non-hydrogen) atoms. The Morgan fingerprint density at radius 3 is 0.429 bits per heavy atom. The molecule has 0 aromatic rings. The van der Waals surface area contributed by atoms with Crippen molar-refractivity contribution in [2.24, 2.45) is 0 Å². The van der Waals surface area contributed by atoms with Crippen LogP contribution in [0.2, 0.25) is 0 Å². The molecule has 0 fully saturated rings. The molecule has 0 aliphatic carbocycles. The van der Waals surface area contributed by atoms with E-state index in [4.69, 9.17) is 0 Å². The maximum atomic E-state index is 0. The molecule has 0 saturated carbocycles. The van der Waals surface area contributed by atoms with E-state index >= 15 is 0 Å². The van der Waals surface area contributed by atoms with Crippen molar-refractivity contribution >= 4 is 0 Å². The van der Waals surface area contributed by atoms with Gasteiger partial charge in [-0.2, -0.15) is 0 Å². The van der Waals surface area contributed by atoms with Crippen LogP contribution in [0.1, 0.15) is 0 Å². The molecule has 42 valence electrons. The Balaban J connectivity index is 0. The van der Waals surface area contributed by atoms with E-state index in [9.17, 15) is 0 Å². The number of hydrogen-bond acceptors (Lipinski definition) is 0. The SMILES string of the molecule is [Fe+2].[Fe+2].[Fe+2].[O-2].[O-2].[O-2].[Ti+4]. The molecular formula is Fe3O3Ti+4. The molecule has 0 N–H and O–H groups in total. The summed E-state index contributed by atoms with van der Waals surface area (Å²) in [7, 11) is 0. The fourth-order valence-corrected chi connectivity index (χ4v) is 0. The summed E-state index contributed by atoms with van der Waals surface area (Å²) in [6.45, 7) is 0. The molecule has 0 atom stereocenters. The number of rotatable bonds is 0.